The van der Waals surface area contributed by atoms with E-state index in [-0.39, 0.29) is 12.5 Å². The molecule has 0 aromatic heterocycles. The number of nitrogens with one attached hydrogen (secondary N) is 1. The van der Waals surface area contributed by atoms with Crippen LogP contribution in [0.3, 0.4) is 0 Å². The maximum Gasteiger partial charge on any atom is 0.220 e. The van der Waals surface area contributed by atoms with Gasteiger partial charge in [0.2, 0.25) is 5.91 Å². The summed E-state index contributed by atoms with van der Waals surface area (Å²) in [5.74, 6) is -0.213. The van der Waals surface area contributed by atoms with Crippen LogP contribution in [0.2, 0.25) is 0 Å². The fourth-order valence-corrected chi connectivity index (χ4v) is 8.35. The van der Waals surface area contributed by atoms with Crippen LogP contribution in [0.1, 0.15) is 194 Å². The SMILES string of the molecule is CCCCCCCCCC/C=C\CCCCCCCCCCCC(=O)NC(COC1OC(CO)C(OC2OC(CO)C(O)C(O)C2O)C(O)C1O)C(O)CCCCCCCCC. The zero-order valence-corrected chi connectivity index (χ0v) is 38.6. The summed E-state index contributed by atoms with van der Waals surface area (Å²) in [6, 6.07) is -0.823. The highest BCUT2D eigenvalue weighted by atomic mass is 16.7. The Morgan fingerprint density at radius 2 is 1.02 bits per heavy atom. The van der Waals surface area contributed by atoms with E-state index in [0.29, 0.717) is 12.8 Å². The maximum absolute atomic E-state index is 13.1. The second kappa shape index (κ2) is 35.9. The number of hydrogen-bond donors (Lipinski definition) is 9. The topological polar surface area (TPSA) is 228 Å². The Bertz CT molecular complexity index is 1100. The largest absolute Gasteiger partial charge is 0.394 e. The number of aliphatic hydroxyl groups is 8. The highest BCUT2D eigenvalue weighted by Crippen LogP contribution is 2.30. The zero-order valence-electron chi connectivity index (χ0n) is 38.6. The summed E-state index contributed by atoms with van der Waals surface area (Å²) < 4.78 is 22.6. The molecule has 0 spiro atoms. The van der Waals surface area contributed by atoms with E-state index in [1.165, 1.54) is 116 Å². The van der Waals surface area contributed by atoms with Crippen molar-refractivity contribution in [2.75, 3.05) is 19.8 Å². The summed E-state index contributed by atoms with van der Waals surface area (Å²) in [7, 11) is 0. The highest BCUT2D eigenvalue weighted by molar-refractivity contribution is 5.76. The number of unbranched alkanes of at least 4 members (excludes halogenated alkanes) is 23. The first-order valence-electron chi connectivity index (χ1n) is 24.9. The average molecular weight is 890 g/mol. The number of ether oxygens (including phenoxy) is 4. The predicted octanol–water partition coefficient (Wildman–Crippen LogP) is 5.99. The number of carbonyl (C=O) groups is 1. The first-order valence-corrected chi connectivity index (χ1v) is 24.9. The highest BCUT2D eigenvalue weighted by Gasteiger charge is 2.51. The van der Waals surface area contributed by atoms with Crippen LogP contribution in [0, 0.1) is 0 Å². The van der Waals surface area contributed by atoms with E-state index in [1.807, 2.05) is 0 Å². The van der Waals surface area contributed by atoms with Crippen LogP contribution in [0.15, 0.2) is 12.2 Å². The first kappa shape index (κ1) is 56.9. The molecule has 0 aromatic rings. The van der Waals surface area contributed by atoms with Gasteiger partial charge >= 0.3 is 0 Å². The summed E-state index contributed by atoms with van der Waals surface area (Å²) in [4.78, 5) is 13.1. The van der Waals surface area contributed by atoms with E-state index in [4.69, 9.17) is 18.9 Å². The quantitative estimate of drug-likeness (QED) is 0.0257. The van der Waals surface area contributed by atoms with Crippen molar-refractivity contribution in [3.63, 3.8) is 0 Å². The molecule has 0 saturated carbocycles. The lowest BCUT2D eigenvalue weighted by molar-refractivity contribution is -0.359. The van der Waals surface area contributed by atoms with Gasteiger partial charge in [0.25, 0.3) is 0 Å². The third kappa shape index (κ3) is 23.3. The molecule has 12 unspecified atom stereocenters. The van der Waals surface area contributed by atoms with Gasteiger partial charge in [0.1, 0.15) is 48.8 Å². The average Bonchev–Trinajstić information content (AvgIpc) is 3.27. The minimum absolute atomic E-state index is 0.213. The van der Waals surface area contributed by atoms with Crippen molar-refractivity contribution in [1.29, 1.82) is 0 Å². The van der Waals surface area contributed by atoms with Crippen LogP contribution >= 0.6 is 0 Å². The minimum atomic E-state index is -1.78. The van der Waals surface area contributed by atoms with Crippen molar-refractivity contribution in [3.05, 3.63) is 12.2 Å². The van der Waals surface area contributed by atoms with Crippen molar-refractivity contribution in [2.24, 2.45) is 0 Å². The van der Waals surface area contributed by atoms with Gasteiger partial charge in [0, 0.05) is 6.42 Å². The summed E-state index contributed by atoms with van der Waals surface area (Å²) >= 11 is 0. The Morgan fingerprint density at radius 1 is 0.565 bits per heavy atom. The molecule has 2 aliphatic heterocycles. The molecular formula is C48H91NO13. The van der Waals surface area contributed by atoms with Gasteiger partial charge in [0.05, 0.1) is 32.0 Å². The number of allylic oxidation sites excluding steroid dienone is 2. The van der Waals surface area contributed by atoms with Crippen molar-refractivity contribution in [2.45, 2.75) is 267 Å². The van der Waals surface area contributed by atoms with E-state index >= 15 is 0 Å². The second-order valence-corrected chi connectivity index (χ2v) is 17.9. The van der Waals surface area contributed by atoms with Crippen LogP contribution in [0.4, 0.5) is 0 Å². The lowest BCUT2D eigenvalue weighted by Crippen LogP contribution is -2.65. The predicted molar refractivity (Wildman–Crippen MR) is 240 cm³/mol. The Labute approximate surface area is 374 Å². The molecule has 0 radical (unpaired) electrons. The summed E-state index contributed by atoms with van der Waals surface area (Å²) in [6.07, 6.45) is 19.7. The molecule has 2 fully saturated rings. The maximum atomic E-state index is 13.1. The molecule has 14 nitrogen and oxygen atoms in total. The standard InChI is InChI=1S/C48H91NO13/c1-3-5-7-9-11-12-13-14-15-16-17-18-19-20-21-22-23-24-26-28-30-32-40(53)49-36(37(52)31-29-27-25-10-8-6-4-2)35-59-47-45(58)43(56)46(39(34-51)61-47)62-48-44(57)42(55)41(54)38(33-50)60-48/h16-17,36-39,41-48,50-52,54-58H,3-15,18-35H2,1-2H3,(H,49,53)/b17-16-. The monoisotopic (exact) mass is 890 g/mol. The van der Waals surface area contributed by atoms with Crippen LogP contribution < -0.4 is 5.32 Å². The van der Waals surface area contributed by atoms with Gasteiger partial charge in [0.15, 0.2) is 12.6 Å². The zero-order chi connectivity index (χ0) is 45.4. The number of carbonyl (C=O) groups excluding carboxylic acids is 1. The molecule has 2 rings (SSSR count). The summed E-state index contributed by atoms with van der Waals surface area (Å²) in [6.45, 7) is 2.79. The van der Waals surface area contributed by atoms with Crippen LogP contribution in [0.25, 0.3) is 0 Å². The molecule has 62 heavy (non-hydrogen) atoms. The normalized spacial score (nSPS) is 27.8. The molecule has 2 aliphatic rings. The van der Waals surface area contributed by atoms with E-state index < -0.39 is 86.8 Å². The second-order valence-electron chi connectivity index (χ2n) is 17.9. The molecule has 12 atom stereocenters. The van der Waals surface area contributed by atoms with Crippen molar-refractivity contribution in [3.8, 4) is 0 Å². The molecule has 2 heterocycles. The van der Waals surface area contributed by atoms with Crippen LogP contribution in [0.5, 0.6) is 0 Å². The lowest BCUT2D eigenvalue weighted by Gasteiger charge is -2.46. The van der Waals surface area contributed by atoms with E-state index in [9.17, 15) is 45.6 Å². The number of aliphatic hydroxyl groups excluding tert-OH is 8. The van der Waals surface area contributed by atoms with Gasteiger partial charge < -0.3 is 65.1 Å². The molecule has 366 valence electrons. The molecule has 2 saturated heterocycles. The Balaban J connectivity index is 1.74. The van der Waals surface area contributed by atoms with E-state index in [0.717, 1.165) is 51.4 Å². The van der Waals surface area contributed by atoms with Gasteiger partial charge in [-0.2, -0.15) is 0 Å². The molecule has 0 aliphatic carbocycles. The third-order valence-electron chi connectivity index (χ3n) is 12.5. The first-order chi connectivity index (χ1) is 30.1. The minimum Gasteiger partial charge on any atom is -0.394 e. The molecule has 9 N–H and O–H groups in total. The number of rotatable bonds is 38. The number of hydrogen-bond acceptors (Lipinski definition) is 13. The van der Waals surface area contributed by atoms with Crippen LogP contribution in [-0.2, 0) is 23.7 Å². The Kier molecular flexibility index (Phi) is 32.9. The molecule has 0 aromatic carbocycles. The van der Waals surface area contributed by atoms with Gasteiger partial charge in [-0.3, -0.25) is 4.79 Å². The van der Waals surface area contributed by atoms with Gasteiger partial charge in [-0.1, -0.05) is 161 Å². The van der Waals surface area contributed by atoms with Crippen molar-refractivity contribution < 1.29 is 64.6 Å². The fourth-order valence-electron chi connectivity index (χ4n) is 8.35. The van der Waals surface area contributed by atoms with E-state index in [2.05, 4.69) is 31.3 Å². The van der Waals surface area contributed by atoms with Crippen LogP contribution in [-0.4, -0.2) is 140 Å². The van der Waals surface area contributed by atoms with Crippen molar-refractivity contribution in [1.82, 2.24) is 5.32 Å². The summed E-state index contributed by atoms with van der Waals surface area (Å²) in [5, 5.41) is 86.5. The molecule has 14 heteroatoms. The molecule has 1 amide bonds. The number of amides is 1. The fraction of sp³-hybridized carbons (Fsp3) is 0.938. The lowest BCUT2D eigenvalue weighted by atomic mass is 9.97. The van der Waals surface area contributed by atoms with Gasteiger partial charge in [-0.15, -0.1) is 0 Å². The van der Waals surface area contributed by atoms with Gasteiger partial charge in [-0.25, -0.2) is 0 Å². The molecule has 0 bridgehead atoms. The van der Waals surface area contributed by atoms with Crippen molar-refractivity contribution >= 4 is 5.91 Å². The van der Waals surface area contributed by atoms with Gasteiger partial charge in [-0.05, 0) is 38.5 Å². The summed E-state index contributed by atoms with van der Waals surface area (Å²) in [5.41, 5.74) is 0. The third-order valence-corrected chi connectivity index (χ3v) is 12.5. The Morgan fingerprint density at radius 3 is 1.53 bits per heavy atom. The Hall–Kier alpha value is -1.27. The van der Waals surface area contributed by atoms with E-state index in [1.54, 1.807) is 0 Å². The molecular weight excluding hydrogens is 799 g/mol. The smallest absolute Gasteiger partial charge is 0.220 e.